The molecule has 1 aliphatic rings. The van der Waals surface area contributed by atoms with Crippen LogP contribution >= 0.6 is 11.6 Å². The molecule has 100 valence electrons. The van der Waals surface area contributed by atoms with E-state index in [2.05, 4.69) is 16.9 Å². The molecule has 0 spiro atoms. The number of hydrogen-bond donors (Lipinski definition) is 0. The fourth-order valence-corrected chi connectivity index (χ4v) is 3.71. The van der Waals surface area contributed by atoms with Crippen LogP contribution in [0.5, 0.6) is 0 Å². The van der Waals surface area contributed by atoms with E-state index in [1.165, 1.54) is 16.7 Å². The number of piperidine rings is 1. The molecule has 1 saturated heterocycles. The van der Waals surface area contributed by atoms with Gasteiger partial charge in [-0.2, -0.15) is 4.31 Å². The number of nitrogens with zero attached hydrogens (tertiary/aromatic N) is 3. The lowest BCUT2D eigenvalue weighted by Crippen LogP contribution is -2.39. The third-order valence-electron chi connectivity index (χ3n) is 3.29. The largest absolute Gasteiger partial charge is 0.246 e. The maximum Gasteiger partial charge on any atom is 0.246 e. The van der Waals surface area contributed by atoms with Gasteiger partial charge in [0, 0.05) is 13.1 Å². The van der Waals surface area contributed by atoms with E-state index in [1.807, 2.05) is 0 Å². The van der Waals surface area contributed by atoms with E-state index in [9.17, 15) is 8.42 Å². The lowest BCUT2D eigenvalue weighted by Gasteiger charge is -2.31. The zero-order chi connectivity index (χ0) is 13.2. The Hall–Kier alpha value is -0.720. The second-order valence-electron chi connectivity index (χ2n) is 4.47. The van der Waals surface area contributed by atoms with Crippen molar-refractivity contribution in [3.05, 3.63) is 17.7 Å². The summed E-state index contributed by atoms with van der Waals surface area (Å²) in [5, 5.41) is 0.0547. The highest BCUT2D eigenvalue weighted by Crippen LogP contribution is 2.24. The summed E-state index contributed by atoms with van der Waals surface area (Å²) in [5.41, 5.74) is 0. The fraction of sp³-hybridized carbons (Fsp3) is 0.636. The van der Waals surface area contributed by atoms with Crippen molar-refractivity contribution in [3.63, 3.8) is 0 Å². The summed E-state index contributed by atoms with van der Waals surface area (Å²) in [6.07, 6.45) is 5.54. The van der Waals surface area contributed by atoms with Gasteiger partial charge in [0.05, 0.1) is 12.4 Å². The first-order valence-corrected chi connectivity index (χ1v) is 7.83. The number of aromatic nitrogens is 2. The Morgan fingerprint density at radius 2 is 2.11 bits per heavy atom. The van der Waals surface area contributed by atoms with Crippen LogP contribution in [0.3, 0.4) is 0 Å². The third kappa shape index (κ3) is 2.81. The average Bonchev–Trinajstić information content (AvgIpc) is 2.39. The maximum atomic E-state index is 12.4. The van der Waals surface area contributed by atoms with Crippen molar-refractivity contribution >= 4 is 21.6 Å². The van der Waals surface area contributed by atoms with Crippen LogP contribution in [0.4, 0.5) is 0 Å². The Balaban J connectivity index is 2.22. The molecule has 18 heavy (non-hydrogen) atoms. The minimum atomic E-state index is -3.47. The van der Waals surface area contributed by atoms with E-state index in [0.717, 1.165) is 19.3 Å². The van der Waals surface area contributed by atoms with Gasteiger partial charge in [-0.25, -0.2) is 18.4 Å². The molecule has 2 heterocycles. The molecule has 5 nitrogen and oxygen atoms in total. The van der Waals surface area contributed by atoms with Gasteiger partial charge in [0.25, 0.3) is 0 Å². The van der Waals surface area contributed by atoms with Crippen molar-refractivity contribution in [1.82, 2.24) is 14.3 Å². The maximum absolute atomic E-state index is 12.4. The number of sulfonamides is 1. The summed E-state index contributed by atoms with van der Waals surface area (Å²) in [5.74, 6) is 0.446. The Labute approximate surface area is 112 Å². The van der Waals surface area contributed by atoms with E-state index < -0.39 is 10.0 Å². The van der Waals surface area contributed by atoms with Gasteiger partial charge < -0.3 is 0 Å². The summed E-state index contributed by atoms with van der Waals surface area (Å²) >= 11 is 5.56. The summed E-state index contributed by atoms with van der Waals surface area (Å²) in [7, 11) is -3.47. The first-order chi connectivity index (χ1) is 8.54. The molecule has 1 atom stereocenters. The average molecular weight is 290 g/mol. The van der Waals surface area contributed by atoms with Crippen molar-refractivity contribution in [3.8, 4) is 0 Å². The van der Waals surface area contributed by atoms with Gasteiger partial charge in [-0.15, -0.1) is 0 Å². The Morgan fingerprint density at radius 3 is 2.72 bits per heavy atom. The molecule has 0 bridgehead atoms. The van der Waals surface area contributed by atoms with Crippen LogP contribution in [0.25, 0.3) is 0 Å². The van der Waals surface area contributed by atoms with E-state index in [-0.39, 0.29) is 10.2 Å². The van der Waals surface area contributed by atoms with Crippen LogP contribution in [0, 0.1) is 5.92 Å². The summed E-state index contributed by atoms with van der Waals surface area (Å²) < 4.78 is 26.3. The lowest BCUT2D eigenvalue weighted by molar-refractivity contribution is 0.261. The van der Waals surface area contributed by atoms with Crippen molar-refractivity contribution < 1.29 is 8.42 Å². The quantitative estimate of drug-likeness (QED) is 0.798. The normalized spacial score (nSPS) is 22.0. The first kappa shape index (κ1) is 13.7. The van der Waals surface area contributed by atoms with Gasteiger partial charge in [0.15, 0.2) is 0 Å². The lowest BCUT2D eigenvalue weighted by atomic mass is 9.97. The van der Waals surface area contributed by atoms with Crippen molar-refractivity contribution in [2.24, 2.45) is 5.92 Å². The van der Waals surface area contributed by atoms with Crippen LogP contribution in [0.15, 0.2) is 17.3 Å². The van der Waals surface area contributed by atoms with Crippen molar-refractivity contribution in [1.29, 1.82) is 0 Å². The molecule has 0 saturated carbocycles. The number of halogens is 1. The Morgan fingerprint density at radius 1 is 1.44 bits per heavy atom. The zero-order valence-electron chi connectivity index (χ0n) is 10.2. The fourth-order valence-electron chi connectivity index (χ4n) is 2.16. The van der Waals surface area contributed by atoms with Crippen LogP contribution in [0.2, 0.25) is 5.28 Å². The molecule has 1 fully saturated rings. The van der Waals surface area contributed by atoms with Gasteiger partial charge in [-0.05, 0) is 30.4 Å². The first-order valence-electron chi connectivity index (χ1n) is 6.01. The van der Waals surface area contributed by atoms with Crippen LogP contribution in [0.1, 0.15) is 26.2 Å². The molecule has 0 aliphatic carbocycles. The monoisotopic (exact) mass is 289 g/mol. The van der Waals surface area contributed by atoms with E-state index in [0.29, 0.717) is 19.0 Å². The van der Waals surface area contributed by atoms with Gasteiger partial charge in [0.2, 0.25) is 15.3 Å². The summed E-state index contributed by atoms with van der Waals surface area (Å²) in [4.78, 5) is 7.57. The molecule has 0 N–H and O–H groups in total. The number of hydrogen-bond acceptors (Lipinski definition) is 4. The minimum absolute atomic E-state index is 0.0547. The van der Waals surface area contributed by atoms with Crippen LogP contribution < -0.4 is 0 Å². The predicted octanol–water partition coefficient (Wildman–Crippen LogP) is 1.94. The molecule has 1 aromatic heterocycles. The molecular weight excluding hydrogens is 274 g/mol. The summed E-state index contributed by atoms with van der Waals surface area (Å²) in [6, 6.07) is 0. The zero-order valence-corrected chi connectivity index (χ0v) is 11.8. The third-order valence-corrected chi connectivity index (χ3v) is 5.31. The van der Waals surface area contributed by atoms with E-state index in [4.69, 9.17) is 11.6 Å². The minimum Gasteiger partial charge on any atom is -0.225 e. The molecule has 7 heteroatoms. The van der Waals surface area contributed by atoms with Crippen molar-refractivity contribution in [2.75, 3.05) is 13.1 Å². The highest BCUT2D eigenvalue weighted by atomic mass is 35.5. The second kappa shape index (κ2) is 5.50. The molecule has 2 rings (SSSR count). The predicted molar refractivity (Wildman–Crippen MR) is 68.8 cm³/mol. The Kier molecular flexibility index (Phi) is 4.19. The molecule has 1 unspecified atom stereocenters. The van der Waals surface area contributed by atoms with Gasteiger partial charge in [0.1, 0.15) is 4.90 Å². The molecule has 0 radical (unpaired) electrons. The van der Waals surface area contributed by atoms with Gasteiger partial charge in [-0.1, -0.05) is 13.3 Å². The van der Waals surface area contributed by atoms with Crippen LogP contribution in [-0.2, 0) is 10.0 Å². The SMILES string of the molecule is CCC1CCCN(S(=O)(=O)c2cnc(Cl)nc2)C1. The smallest absolute Gasteiger partial charge is 0.225 e. The standard InChI is InChI=1S/C11H16ClN3O2S/c1-2-9-4-3-5-15(8-9)18(16,17)10-6-13-11(12)14-7-10/h6-7,9H,2-5,8H2,1H3. The highest BCUT2D eigenvalue weighted by molar-refractivity contribution is 7.89. The van der Waals surface area contributed by atoms with E-state index >= 15 is 0 Å². The molecular formula is C11H16ClN3O2S. The topological polar surface area (TPSA) is 63.2 Å². The molecule has 0 aromatic carbocycles. The van der Waals surface area contributed by atoms with Gasteiger partial charge >= 0.3 is 0 Å². The van der Waals surface area contributed by atoms with E-state index in [1.54, 1.807) is 0 Å². The van der Waals surface area contributed by atoms with Crippen molar-refractivity contribution in [2.45, 2.75) is 31.1 Å². The molecule has 1 aromatic rings. The summed E-state index contributed by atoms with van der Waals surface area (Å²) in [6.45, 7) is 3.25. The second-order valence-corrected chi connectivity index (χ2v) is 6.74. The Bertz CT molecular complexity index is 504. The highest BCUT2D eigenvalue weighted by Gasteiger charge is 2.29. The molecule has 1 aliphatic heterocycles. The van der Waals surface area contributed by atoms with Crippen LogP contribution in [-0.4, -0.2) is 35.8 Å². The van der Waals surface area contributed by atoms with Gasteiger partial charge in [-0.3, -0.25) is 0 Å². The molecule has 0 amide bonds. The number of rotatable bonds is 3.